The van der Waals surface area contributed by atoms with Gasteiger partial charge in [-0.1, -0.05) is 34.1 Å². The highest BCUT2D eigenvalue weighted by molar-refractivity contribution is 9.10. The van der Waals surface area contributed by atoms with Crippen molar-refractivity contribution in [3.8, 4) is 0 Å². The van der Waals surface area contributed by atoms with E-state index in [0.717, 1.165) is 15.7 Å². The Balaban J connectivity index is 2.22. The first-order valence-electron chi connectivity index (χ1n) is 6.24. The van der Waals surface area contributed by atoms with Crippen LogP contribution in [0.25, 0.3) is 0 Å². The molecule has 0 aliphatic rings. The summed E-state index contributed by atoms with van der Waals surface area (Å²) in [5.41, 5.74) is 2.66. The molecule has 20 heavy (non-hydrogen) atoms. The van der Waals surface area contributed by atoms with E-state index >= 15 is 0 Å². The maximum absolute atomic E-state index is 10.9. The first-order valence-corrected chi connectivity index (χ1v) is 7.03. The van der Waals surface area contributed by atoms with E-state index in [-0.39, 0.29) is 16.7 Å². The van der Waals surface area contributed by atoms with Crippen molar-refractivity contribution in [2.75, 3.05) is 5.32 Å². The second-order valence-corrected chi connectivity index (χ2v) is 5.60. The van der Waals surface area contributed by atoms with E-state index in [1.807, 2.05) is 37.3 Å². The normalized spacial score (nSPS) is 11.9. The second-order valence-electron chi connectivity index (χ2n) is 4.68. The Bertz CT molecular complexity index is 644. The van der Waals surface area contributed by atoms with Crippen LogP contribution in [0.1, 0.15) is 24.1 Å². The van der Waals surface area contributed by atoms with Crippen LogP contribution in [0.15, 0.2) is 46.9 Å². The third kappa shape index (κ3) is 3.36. The van der Waals surface area contributed by atoms with Crippen LogP contribution in [0.2, 0.25) is 0 Å². The Morgan fingerprint density at radius 2 is 2.00 bits per heavy atom. The molecular formula is C15H15BrN2O2. The van der Waals surface area contributed by atoms with Crippen molar-refractivity contribution in [3.05, 3.63) is 68.2 Å². The quantitative estimate of drug-likeness (QED) is 0.642. The molecule has 2 aromatic carbocycles. The smallest absolute Gasteiger partial charge is 0.274 e. The second kappa shape index (κ2) is 6.05. The molecule has 0 heterocycles. The average molecular weight is 335 g/mol. The maximum Gasteiger partial charge on any atom is 0.274 e. The molecule has 0 aliphatic carbocycles. The van der Waals surface area contributed by atoms with Gasteiger partial charge in [0.2, 0.25) is 0 Å². The molecule has 0 amide bonds. The zero-order chi connectivity index (χ0) is 14.7. The molecule has 0 aliphatic heterocycles. The van der Waals surface area contributed by atoms with Gasteiger partial charge in [-0.3, -0.25) is 10.1 Å². The Kier molecular flexibility index (Phi) is 4.39. The van der Waals surface area contributed by atoms with Gasteiger partial charge in [0, 0.05) is 27.8 Å². The molecule has 5 heteroatoms. The van der Waals surface area contributed by atoms with E-state index in [1.165, 1.54) is 0 Å². The molecule has 0 bridgehead atoms. The number of benzene rings is 2. The van der Waals surface area contributed by atoms with Crippen LogP contribution in [0.5, 0.6) is 0 Å². The van der Waals surface area contributed by atoms with Gasteiger partial charge >= 0.3 is 0 Å². The van der Waals surface area contributed by atoms with E-state index < -0.39 is 0 Å². The van der Waals surface area contributed by atoms with E-state index in [1.54, 1.807) is 19.1 Å². The van der Waals surface area contributed by atoms with Crippen molar-refractivity contribution in [1.29, 1.82) is 0 Å². The van der Waals surface area contributed by atoms with E-state index in [9.17, 15) is 10.1 Å². The number of aryl methyl sites for hydroxylation is 1. The Hall–Kier alpha value is -1.88. The molecule has 0 aromatic heterocycles. The standard InChI is InChI=1S/C15H15BrN2O2/c1-10-6-7-14(9-15(10)18(19)20)17-11(2)12-4-3-5-13(16)8-12/h3-9,11,17H,1-2H3. The Morgan fingerprint density at radius 1 is 1.25 bits per heavy atom. The molecule has 2 rings (SSSR count). The summed E-state index contributed by atoms with van der Waals surface area (Å²) < 4.78 is 1.01. The molecule has 0 radical (unpaired) electrons. The zero-order valence-electron chi connectivity index (χ0n) is 11.3. The van der Waals surface area contributed by atoms with Gasteiger partial charge in [0.15, 0.2) is 0 Å². The van der Waals surface area contributed by atoms with Gasteiger partial charge in [-0.05, 0) is 37.6 Å². The summed E-state index contributed by atoms with van der Waals surface area (Å²) in [4.78, 5) is 10.6. The number of hydrogen-bond donors (Lipinski definition) is 1. The summed E-state index contributed by atoms with van der Waals surface area (Å²) in [7, 11) is 0. The fourth-order valence-electron chi connectivity index (χ4n) is 2.01. The summed E-state index contributed by atoms with van der Waals surface area (Å²) in [5.74, 6) is 0. The van der Waals surface area contributed by atoms with Crippen molar-refractivity contribution >= 4 is 27.3 Å². The number of halogens is 1. The van der Waals surface area contributed by atoms with Gasteiger partial charge in [0.25, 0.3) is 5.69 Å². The molecule has 1 unspecified atom stereocenters. The molecule has 0 saturated heterocycles. The predicted octanol–water partition coefficient (Wildman–Crippen LogP) is 4.84. The highest BCUT2D eigenvalue weighted by Gasteiger charge is 2.12. The molecular weight excluding hydrogens is 320 g/mol. The van der Waals surface area contributed by atoms with Crippen molar-refractivity contribution in [3.63, 3.8) is 0 Å². The maximum atomic E-state index is 10.9. The number of nitro benzene ring substituents is 1. The van der Waals surface area contributed by atoms with Gasteiger partial charge in [-0.15, -0.1) is 0 Å². The lowest BCUT2D eigenvalue weighted by atomic mass is 10.1. The molecule has 2 aromatic rings. The number of anilines is 1. The predicted molar refractivity (Wildman–Crippen MR) is 84.0 cm³/mol. The minimum Gasteiger partial charge on any atom is -0.378 e. The largest absolute Gasteiger partial charge is 0.378 e. The van der Waals surface area contributed by atoms with Crippen LogP contribution in [0, 0.1) is 17.0 Å². The van der Waals surface area contributed by atoms with Crippen LogP contribution in [0.4, 0.5) is 11.4 Å². The summed E-state index contributed by atoms with van der Waals surface area (Å²) >= 11 is 3.44. The summed E-state index contributed by atoms with van der Waals surface area (Å²) in [6, 6.07) is 13.2. The van der Waals surface area contributed by atoms with Crippen molar-refractivity contribution in [2.45, 2.75) is 19.9 Å². The number of rotatable bonds is 4. The van der Waals surface area contributed by atoms with Gasteiger partial charge in [0.05, 0.1) is 4.92 Å². The lowest BCUT2D eigenvalue weighted by Gasteiger charge is -2.16. The number of hydrogen-bond acceptors (Lipinski definition) is 3. The lowest BCUT2D eigenvalue weighted by Crippen LogP contribution is -2.07. The molecule has 1 N–H and O–H groups in total. The first kappa shape index (κ1) is 14.5. The molecule has 0 fully saturated rings. The van der Waals surface area contributed by atoms with Crippen LogP contribution in [-0.2, 0) is 0 Å². The summed E-state index contributed by atoms with van der Waals surface area (Å²) in [6.45, 7) is 3.76. The molecule has 104 valence electrons. The van der Waals surface area contributed by atoms with Crippen molar-refractivity contribution in [1.82, 2.24) is 0 Å². The van der Waals surface area contributed by atoms with Gasteiger partial charge < -0.3 is 5.32 Å². The monoisotopic (exact) mass is 334 g/mol. The van der Waals surface area contributed by atoms with Crippen LogP contribution in [-0.4, -0.2) is 4.92 Å². The minimum atomic E-state index is -0.357. The average Bonchev–Trinajstić information content (AvgIpc) is 2.40. The topological polar surface area (TPSA) is 55.2 Å². The van der Waals surface area contributed by atoms with Crippen LogP contribution in [0.3, 0.4) is 0 Å². The Morgan fingerprint density at radius 3 is 2.65 bits per heavy atom. The fourth-order valence-corrected chi connectivity index (χ4v) is 2.42. The van der Waals surface area contributed by atoms with Crippen LogP contribution < -0.4 is 5.32 Å². The number of nitrogens with one attached hydrogen (secondary N) is 1. The third-order valence-electron chi connectivity index (χ3n) is 3.14. The third-order valence-corrected chi connectivity index (χ3v) is 3.63. The molecule has 0 spiro atoms. The minimum absolute atomic E-state index is 0.0646. The summed E-state index contributed by atoms with van der Waals surface area (Å²) in [5, 5.41) is 14.2. The molecule has 4 nitrogen and oxygen atoms in total. The van der Waals surface area contributed by atoms with Gasteiger partial charge in [-0.2, -0.15) is 0 Å². The van der Waals surface area contributed by atoms with E-state index in [4.69, 9.17) is 0 Å². The van der Waals surface area contributed by atoms with E-state index in [0.29, 0.717) is 5.56 Å². The van der Waals surface area contributed by atoms with Gasteiger partial charge in [-0.25, -0.2) is 0 Å². The molecule has 1 atom stereocenters. The van der Waals surface area contributed by atoms with Crippen molar-refractivity contribution < 1.29 is 4.92 Å². The van der Waals surface area contributed by atoms with Crippen molar-refractivity contribution in [2.24, 2.45) is 0 Å². The fraction of sp³-hybridized carbons (Fsp3) is 0.200. The van der Waals surface area contributed by atoms with Gasteiger partial charge in [0.1, 0.15) is 0 Å². The zero-order valence-corrected chi connectivity index (χ0v) is 12.8. The van der Waals surface area contributed by atoms with Crippen LogP contribution >= 0.6 is 15.9 Å². The Labute approximate surface area is 126 Å². The number of nitrogens with zero attached hydrogens (tertiary/aromatic N) is 1. The summed E-state index contributed by atoms with van der Waals surface area (Å²) in [6.07, 6.45) is 0. The first-order chi connectivity index (χ1) is 9.47. The highest BCUT2D eigenvalue weighted by Crippen LogP contribution is 2.26. The van der Waals surface area contributed by atoms with E-state index in [2.05, 4.69) is 21.2 Å². The lowest BCUT2D eigenvalue weighted by molar-refractivity contribution is -0.385. The highest BCUT2D eigenvalue weighted by atomic mass is 79.9. The molecule has 0 saturated carbocycles. The number of nitro groups is 1. The SMILES string of the molecule is Cc1ccc(NC(C)c2cccc(Br)c2)cc1[N+](=O)[O-].